The topological polar surface area (TPSA) is 66.5 Å². The van der Waals surface area contributed by atoms with Crippen molar-refractivity contribution in [2.24, 2.45) is 0 Å². The van der Waals surface area contributed by atoms with E-state index in [9.17, 15) is 14.4 Å². The predicted octanol–water partition coefficient (Wildman–Crippen LogP) is 5.37. The van der Waals surface area contributed by atoms with Gasteiger partial charge in [-0.05, 0) is 48.4 Å². The van der Waals surface area contributed by atoms with Crippen LogP contribution in [0.15, 0.2) is 66.7 Å². The lowest BCUT2D eigenvalue weighted by Crippen LogP contribution is -2.29. The Morgan fingerprint density at radius 3 is 2.23 bits per heavy atom. The molecule has 1 N–H and O–H groups in total. The van der Waals surface area contributed by atoms with Crippen molar-refractivity contribution in [1.29, 1.82) is 0 Å². The molecule has 0 radical (unpaired) electrons. The number of rotatable bonds is 5. The van der Waals surface area contributed by atoms with E-state index in [0.717, 1.165) is 10.5 Å². The standard InChI is InChI=1S/C23H16Cl2N2O3/c24-19-10-3-5-14(21(19)25)11-12-20(28)26-15-6-4-7-16(13-15)27-22(29)17-8-1-2-9-18(17)23(27)30/h1-10,13H,11-12H2,(H,26,28). The second-order valence-electron chi connectivity index (χ2n) is 6.80. The Morgan fingerprint density at radius 2 is 1.53 bits per heavy atom. The fourth-order valence-corrected chi connectivity index (χ4v) is 3.77. The molecule has 0 aliphatic carbocycles. The van der Waals surface area contributed by atoms with Crippen LogP contribution in [0.4, 0.5) is 11.4 Å². The van der Waals surface area contributed by atoms with Gasteiger partial charge in [-0.15, -0.1) is 0 Å². The third-order valence-electron chi connectivity index (χ3n) is 4.84. The molecule has 0 spiro atoms. The van der Waals surface area contributed by atoms with E-state index in [-0.39, 0.29) is 24.1 Å². The molecule has 3 aromatic carbocycles. The smallest absolute Gasteiger partial charge is 0.266 e. The lowest BCUT2D eigenvalue weighted by molar-refractivity contribution is -0.116. The maximum absolute atomic E-state index is 12.7. The molecule has 3 aromatic rings. The number of nitrogens with one attached hydrogen (secondary N) is 1. The molecule has 150 valence electrons. The normalized spacial score (nSPS) is 12.8. The highest BCUT2D eigenvalue weighted by molar-refractivity contribution is 6.42. The van der Waals surface area contributed by atoms with Crippen LogP contribution in [0, 0.1) is 0 Å². The third-order valence-corrected chi connectivity index (χ3v) is 5.69. The number of carbonyl (C=O) groups excluding carboxylic acids is 3. The average Bonchev–Trinajstić information content (AvgIpc) is 3.00. The Hall–Kier alpha value is -3.15. The summed E-state index contributed by atoms with van der Waals surface area (Å²) in [5, 5.41) is 3.69. The minimum atomic E-state index is -0.380. The van der Waals surface area contributed by atoms with Gasteiger partial charge in [-0.1, -0.05) is 53.5 Å². The van der Waals surface area contributed by atoms with Crippen molar-refractivity contribution >= 4 is 52.3 Å². The second-order valence-corrected chi connectivity index (χ2v) is 7.59. The van der Waals surface area contributed by atoms with Crippen molar-refractivity contribution in [2.45, 2.75) is 12.8 Å². The number of carbonyl (C=O) groups is 3. The molecule has 1 aliphatic rings. The number of fused-ring (bicyclic) bond motifs is 1. The molecule has 0 unspecified atom stereocenters. The lowest BCUT2D eigenvalue weighted by Gasteiger charge is -2.15. The number of nitrogens with zero attached hydrogens (tertiary/aromatic N) is 1. The van der Waals surface area contributed by atoms with Gasteiger partial charge in [0.2, 0.25) is 5.91 Å². The van der Waals surface area contributed by atoms with Crippen LogP contribution in [0.1, 0.15) is 32.7 Å². The first-order valence-corrected chi connectivity index (χ1v) is 10.0. The molecular formula is C23H16Cl2N2O3. The zero-order valence-electron chi connectivity index (χ0n) is 15.7. The van der Waals surface area contributed by atoms with E-state index >= 15 is 0 Å². The Bertz CT molecular complexity index is 1140. The number of hydrogen-bond donors (Lipinski definition) is 1. The summed E-state index contributed by atoms with van der Waals surface area (Å²) in [5.74, 6) is -0.977. The Balaban J connectivity index is 1.46. The van der Waals surface area contributed by atoms with Gasteiger partial charge < -0.3 is 5.32 Å². The Labute approximate surface area is 183 Å². The van der Waals surface area contributed by atoms with Gasteiger partial charge in [0, 0.05) is 12.1 Å². The van der Waals surface area contributed by atoms with Crippen molar-refractivity contribution in [2.75, 3.05) is 10.2 Å². The van der Waals surface area contributed by atoms with Crippen LogP contribution in [0.25, 0.3) is 0 Å². The Kier molecular flexibility index (Phi) is 5.57. The summed E-state index contributed by atoms with van der Waals surface area (Å²) in [6.07, 6.45) is 0.640. The maximum Gasteiger partial charge on any atom is 0.266 e. The summed E-state index contributed by atoms with van der Waals surface area (Å²) in [5.41, 5.74) is 2.42. The second kappa shape index (κ2) is 8.30. The molecule has 5 nitrogen and oxygen atoms in total. The van der Waals surface area contributed by atoms with Crippen LogP contribution in [-0.4, -0.2) is 17.7 Å². The molecule has 4 rings (SSSR count). The van der Waals surface area contributed by atoms with Crippen molar-refractivity contribution in [3.63, 3.8) is 0 Å². The van der Waals surface area contributed by atoms with Crippen molar-refractivity contribution in [3.05, 3.63) is 93.5 Å². The fourth-order valence-electron chi connectivity index (χ4n) is 3.36. The first-order valence-electron chi connectivity index (χ1n) is 9.26. The van der Waals surface area contributed by atoms with E-state index in [2.05, 4.69) is 5.32 Å². The third kappa shape index (κ3) is 3.82. The van der Waals surface area contributed by atoms with E-state index < -0.39 is 0 Å². The minimum Gasteiger partial charge on any atom is -0.326 e. The van der Waals surface area contributed by atoms with Gasteiger partial charge in [0.05, 0.1) is 26.9 Å². The number of amides is 3. The molecule has 0 atom stereocenters. The molecule has 0 saturated heterocycles. The van der Waals surface area contributed by atoms with E-state index in [1.54, 1.807) is 60.7 Å². The van der Waals surface area contributed by atoms with E-state index in [4.69, 9.17) is 23.2 Å². The summed E-state index contributed by atoms with van der Waals surface area (Å²) in [6, 6.07) is 18.6. The molecular weight excluding hydrogens is 423 g/mol. The number of benzene rings is 3. The van der Waals surface area contributed by atoms with Crippen LogP contribution >= 0.6 is 23.2 Å². The van der Waals surface area contributed by atoms with Crippen LogP contribution in [-0.2, 0) is 11.2 Å². The fraction of sp³-hybridized carbons (Fsp3) is 0.0870. The highest BCUT2D eigenvalue weighted by Gasteiger charge is 2.36. The molecule has 0 saturated carbocycles. The van der Waals surface area contributed by atoms with Gasteiger partial charge in [0.1, 0.15) is 0 Å². The van der Waals surface area contributed by atoms with Gasteiger partial charge in [-0.3, -0.25) is 14.4 Å². The zero-order chi connectivity index (χ0) is 21.3. The molecule has 1 heterocycles. The summed E-state index contributed by atoms with van der Waals surface area (Å²) < 4.78 is 0. The van der Waals surface area contributed by atoms with Crippen molar-refractivity contribution in [1.82, 2.24) is 0 Å². The van der Waals surface area contributed by atoms with Gasteiger partial charge in [-0.25, -0.2) is 4.90 Å². The minimum absolute atomic E-state index is 0.206. The number of anilines is 2. The highest BCUT2D eigenvalue weighted by atomic mass is 35.5. The molecule has 0 fully saturated rings. The Morgan fingerprint density at radius 1 is 0.867 bits per heavy atom. The van der Waals surface area contributed by atoms with Crippen LogP contribution in [0.2, 0.25) is 10.0 Å². The van der Waals surface area contributed by atoms with E-state index in [1.807, 2.05) is 6.07 Å². The van der Waals surface area contributed by atoms with E-state index in [0.29, 0.717) is 39.0 Å². The van der Waals surface area contributed by atoms with Crippen molar-refractivity contribution < 1.29 is 14.4 Å². The first-order chi connectivity index (χ1) is 14.5. The van der Waals surface area contributed by atoms with Gasteiger partial charge in [0.25, 0.3) is 11.8 Å². The van der Waals surface area contributed by atoms with Crippen LogP contribution in [0.5, 0.6) is 0 Å². The van der Waals surface area contributed by atoms with Gasteiger partial charge >= 0.3 is 0 Å². The quantitative estimate of drug-likeness (QED) is 0.544. The number of hydrogen-bond acceptors (Lipinski definition) is 3. The SMILES string of the molecule is O=C(CCc1cccc(Cl)c1Cl)Nc1cccc(N2C(=O)c3ccccc3C2=O)c1. The van der Waals surface area contributed by atoms with Gasteiger partial charge in [-0.2, -0.15) is 0 Å². The summed E-state index contributed by atoms with van der Waals surface area (Å²) in [7, 11) is 0. The molecule has 30 heavy (non-hydrogen) atoms. The van der Waals surface area contributed by atoms with Gasteiger partial charge in [0.15, 0.2) is 0 Å². The predicted molar refractivity (Wildman–Crippen MR) is 117 cm³/mol. The van der Waals surface area contributed by atoms with Crippen LogP contribution in [0.3, 0.4) is 0 Å². The summed E-state index contributed by atoms with van der Waals surface area (Å²) in [6.45, 7) is 0. The first kappa shape index (κ1) is 20.1. The molecule has 7 heteroatoms. The lowest BCUT2D eigenvalue weighted by atomic mass is 10.1. The highest BCUT2D eigenvalue weighted by Crippen LogP contribution is 2.30. The monoisotopic (exact) mass is 438 g/mol. The largest absolute Gasteiger partial charge is 0.326 e. The number of halogens is 2. The number of imide groups is 1. The average molecular weight is 439 g/mol. The molecule has 1 aliphatic heterocycles. The number of aryl methyl sites for hydroxylation is 1. The zero-order valence-corrected chi connectivity index (χ0v) is 17.2. The molecule has 3 amide bonds. The molecule has 0 bridgehead atoms. The summed E-state index contributed by atoms with van der Waals surface area (Å²) >= 11 is 12.2. The van der Waals surface area contributed by atoms with Crippen molar-refractivity contribution in [3.8, 4) is 0 Å². The van der Waals surface area contributed by atoms with E-state index in [1.165, 1.54) is 0 Å². The van der Waals surface area contributed by atoms with Crippen LogP contribution < -0.4 is 10.2 Å². The summed E-state index contributed by atoms with van der Waals surface area (Å²) in [4.78, 5) is 38.8. The maximum atomic E-state index is 12.7. The molecule has 0 aromatic heterocycles.